The quantitative estimate of drug-likeness (QED) is 0.632. The number of rotatable bonds is 0. The molecule has 0 bridgehead atoms. The van der Waals surface area contributed by atoms with E-state index in [1.165, 1.54) is 11.1 Å². The van der Waals surface area contributed by atoms with Gasteiger partial charge in [-0.25, -0.2) is 0 Å². The van der Waals surface area contributed by atoms with E-state index in [1.54, 1.807) is 0 Å². The van der Waals surface area contributed by atoms with E-state index in [-0.39, 0.29) is 18.3 Å². The first-order valence-corrected chi connectivity index (χ1v) is 5.03. The Labute approximate surface area is 92.5 Å². The Hall–Kier alpha value is -1.11. The van der Waals surface area contributed by atoms with Crippen LogP contribution in [0.2, 0.25) is 0 Å². The maximum Gasteiger partial charge on any atom is 0.152 e. The number of Topliss-reactive ketones (excluding diaryl/α,β-unsaturated/α-hetero) is 1. The molecule has 0 N–H and O–H groups in total. The van der Waals surface area contributed by atoms with Crippen molar-refractivity contribution in [2.45, 2.75) is 46.0 Å². The molecular formula is C14H20O. The number of carbonyl (C=O) groups excluding carboxylic acids is 1. The Morgan fingerprint density at radius 1 is 0.867 bits per heavy atom. The standard InChI is InChI=1S/C13H16O.CH4/c1-12(2)9-7-5-6-8-10(9)13(3,4)11(12)14;/h5-8H,1-4H3;1H4. The van der Waals surface area contributed by atoms with Crippen molar-refractivity contribution in [3.63, 3.8) is 0 Å². The minimum atomic E-state index is -0.319. The Bertz CT molecular complexity index is 363. The van der Waals surface area contributed by atoms with Crippen molar-refractivity contribution in [1.82, 2.24) is 0 Å². The van der Waals surface area contributed by atoms with Crippen LogP contribution in [-0.4, -0.2) is 5.78 Å². The van der Waals surface area contributed by atoms with Crippen LogP contribution in [0.1, 0.15) is 46.2 Å². The second kappa shape index (κ2) is 3.19. The molecular weight excluding hydrogens is 184 g/mol. The van der Waals surface area contributed by atoms with Crippen LogP contribution < -0.4 is 0 Å². The molecule has 82 valence electrons. The van der Waals surface area contributed by atoms with E-state index in [0.29, 0.717) is 5.78 Å². The number of fused-ring (bicyclic) bond motifs is 1. The van der Waals surface area contributed by atoms with Gasteiger partial charge >= 0.3 is 0 Å². The molecule has 0 fully saturated rings. The SMILES string of the molecule is C.CC1(C)C(=O)C(C)(C)c2ccccc21. The van der Waals surface area contributed by atoms with Gasteiger partial charge in [0.05, 0.1) is 0 Å². The fourth-order valence-corrected chi connectivity index (χ4v) is 2.60. The number of benzene rings is 1. The molecule has 0 aliphatic heterocycles. The lowest BCUT2D eigenvalue weighted by atomic mass is 9.80. The summed E-state index contributed by atoms with van der Waals surface area (Å²) in [5, 5.41) is 0. The van der Waals surface area contributed by atoms with E-state index in [4.69, 9.17) is 0 Å². The van der Waals surface area contributed by atoms with E-state index in [9.17, 15) is 4.79 Å². The predicted octanol–water partition coefficient (Wildman–Crippen LogP) is 3.46. The fourth-order valence-electron chi connectivity index (χ4n) is 2.60. The van der Waals surface area contributed by atoms with Gasteiger partial charge in [-0.1, -0.05) is 31.7 Å². The number of hydrogen-bond acceptors (Lipinski definition) is 1. The second-order valence-electron chi connectivity index (χ2n) is 5.12. The highest BCUT2D eigenvalue weighted by Gasteiger charge is 2.49. The molecule has 0 radical (unpaired) electrons. The predicted molar refractivity (Wildman–Crippen MR) is 64.2 cm³/mol. The van der Waals surface area contributed by atoms with Crippen LogP contribution in [0.4, 0.5) is 0 Å². The van der Waals surface area contributed by atoms with Gasteiger partial charge in [0.15, 0.2) is 5.78 Å². The molecule has 0 saturated carbocycles. The monoisotopic (exact) mass is 204 g/mol. The summed E-state index contributed by atoms with van der Waals surface area (Å²) in [6, 6.07) is 8.16. The van der Waals surface area contributed by atoms with Gasteiger partial charge in [0.2, 0.25) is 0 Å². The molecule has 0 amide bonds. The molecule has 2 rings (SSSR count). The van der Waals surface area contributed by atoms with Crippen LogP contribution in [0.3, 0.4) is 0 Å². The first-order valence-electron chi connectivity index (χ1n) is 5.03. The van der Waals surface area contributed by atoms with Gasteiger partial charge in [-0.3, -0.25) is 4.79 Å². The lowest BCUT2D eigenvalue weighted by molar-refractivity contribution is -0.126. The number of carbonyl (C=O) groups is 1. The van der Waals surface area contributed by atoms with Crippen molar-refractivity contribution in [3.05, 3.63) is 35.4 Å². The molecule has 0 spiro atoms. The van der Waals surface area contributed by atoms with Crippen molar-refractivity contribution in [2.75, 3.05) is 0 Å². The van der Waals surface area contributed by atoms with Crippen molar-refractivity contribution >= 4 is 5.78 Å². The first kappa shape index (κ1) is 12.0. The third-order valence-electron chi connectivity index (χ3n) is 3.41. The summed E-state index contributed by atoms with van der Waals surface area (Å²) in [5.41, 5.74) is 1.74. The summed E-state index contributed by atoms with van der Waals surface area (Å²) < 4.78 is 0. The Morgan fingerprint density at radius 2 is 1.20 bits per heavy atom. The summed E-state index contributed by atoms with van der Waals surface area (Å²) in [6.45, 7) is 8.07. The molecule has 0 heterocycles. The van der Waals surface area contributed by atoms with Crippen molar-refractivity contribution < 1.29 is 4.79 Å². The summed E-state index contributed by atoms with van der Waals surface area (Å²) >= 11 is 0. The Kier molecular flexibility index (Phi) is 2.55. The molecule has 0 aromatic heterocycles. The third kappa shape index (κ3) is 1.33. The van der Waals surface area contributed by atoms with Crippen LogP contribution >= 0.6 is 0 Å². The Balaban J connectivity index is 0.00000112. The smallest absolute Gasteiger partial charge is 0.152 e. The summed E-state index contributed by atoms with van der Waals surface area (Å²) in [7, 11) is 0. The van der Waals surface area contributed by atoms with Crippen LogP contribution in [0.15, 0.2) is 24.3 Å². The molecule has 0 saturated heterocycles. The largest absolute Gasteiger partial charge is 0.298 e. The Morgan fingerprint density at radius 3 is 1.53 bits per heavy atom. The topological polar surface area (TPSA) is 17.1 Å². The average Bonchev–Trinajstić information content (AvgIpc) is 2.28. The normalized spacial score (nSPS) is 20.7. The molecule has 0 atom stereocenters. The second-order valence-corrected chi connectivity index (χ2v) is 5.12. The zero-order valence-electron chi connectivity index (χ0n) is 9.22. The van der Waals surface area contributed by atoms with E-state index < -0.39 is 0 Å². The van der Waals surface area contributed by atoms with Crippen LogP contribution in [0, 0.1) is 0 Å². The molecule has 1 aliphatic carbocycles. The summed E-state index contributed by atoms with van der Waals surface area (Å²) in [4.78, 5) is 12.2. The number of ketones is 1. The van der Waals surface area contributed by atoms with Crippen molar-refractivity contribution in [2.24, 2.45) is 0 Å². The van der Waals surface area contributed by atoms with Crippen molar-refractivity contribution in [1.29, 1.82) is 0 Å². The first-order chi connectivity index (χ1) is 6.38. The zero-order chi connectivity index (χ0) is 10.6. The lowest BCUT2D eigenvalue weighted by Gasteiger charge is -2.21. The summed E-state index contributed by atoms with van der Waals surface area (Å²) in [6.07, 6.45) is 0. The summed E-state index contributed by atoms with van der Waals surface area (Å²) in [5.74, 6) is 0.325. The minimum Gasteiger partial charge on any atom is -0.298 e. The van der Waals surface area contributed by atoms with E-state index in [2.05, 4.69) is 12.1 Å². The lowest BCUT2D eigenvalue weighted by Crippen LogP contribution is -2.33. The molecule has 1 nitrogen and oxygen atoms in total. The molecule has 1 aliphatic rings. The molecule has 1 aromatic carbocycles. The third-order valence-corrected chi connectivity index (χ3v) is 3.41. The van der Waals surface area contributed by atoms with Gasteiger partial charge in [0.1, 0.15) is 0 Å². The van der Waals surface area contributed by atoms with E-state index in [1.807, 2.05) is 39.8 Å². The van der Waals surface area contributed by atoms with Gasteiger partial charge in [-0.2, -0.15) is 0 Å². The molecule has 1 aromatic rings. The zero-order valence-corrected chi connectivity index (χ0v) is 9.22. The van der Waals surface area contributed by atoms with Crippen LogP contribution in [-0.2, 0) is 15.6 Å². The number of hydrogen-bond donors (Lipinski definition) is 0. The van der Waals surface area contributed by atoms with E-state index in [0.717, 1.165) is 0 Å². The van der Waals surface area contributed by atoms with Gasteiger partial charge in [-0.05, 0) is 38.8 Å². The molecule has 15 heavy (non-hydrogen) atoms. The highest BCUT2D eigenvalue weighted by atomic mass is 16.1. The van der Waals surface area contributed by atoms with Crippen molar-refractivity contribution in [3.8, 4) is 0 Å². The highest BCUT2D eigenvalue weighted by Crippen LogP contribution is 2.45. The maximum absolute atomic E-state index is 12.2. The molecule has 1 heteroatoms. The minimum absolute atomic E-state index is 0. The van der Waals surface area contributed by atoms with Gasteiger partial charge in [0, 0.05) is 10.8 Å². The fraction of sp³-hybridized carbons (Fsp3) is 0.500. The average molecular weight is 204 g/mol. The van der Waals surface area contributed by atoms with E-state index >= 15 is 0 Å². The maximum atomic E-state index is 12.2. The van der Waals surface area contributed by atoms with Gasteiger partial charge in [0.25, 0.3) is 0 Å². The molecule has 0 unspecified atom stereocenters. The highest BCUT2D eigenvalue weighted by molar-refractivity contribution is 6.02. The van der Waals surface area contributed by atoms with Gasteiger partial charge in [-0.15, -0.1) is 0 Å². The van der Waals surface area contributed by atoms with Crippen LogP contribution in [0.5, 0.6) is 0 Å². The van der Waals surface area contributed by atoms with Crippen LogP contribution in [0.25, 0.3) is 0 Å². The van der Waals surface area contributed by atoms with Gasteiger partial charge < -0.3 is 0 Å².